The minimum Gasteiger partial charge on any atom is -0.462 e. The standard InChI is InChI=1S/C16H26N2O5/c1-12(2)22-16(21)18-9-5-13(6-10-18)23-15(20)7-11-17-8-3-4-14(17)19/h12-13H,3-11H2,1-2H3. The summed E-state index contributed by atoms with van der Waals surface area (Å²) in [6, 6.07) is 0. The van der Waals surface area contributed by atoms with Gasteiger partial charge in [-0.3, -0.25) is 9.59 Å². The van der Waals surface area contributed by atoms with Crippen molar-refractivity contribution in [1.82, 2.24) is 9.80 Å². The largest absolute Gasteiger partial charge is 0.462 e. The summed E-state index contributed by atoms with van der Waals surface area (Å²) in [5.41, 5.74) is 0. The maximum atomic E-state index is 11.9. The molecule has 7 nitrogen and oxygen atoms in total. The number of rotatable bonds is 5. The summed E-state index contributed by atoms with van der Waals surface area (Å²) >= 11 is 0. The zero-order valence-corrected chi connectivity index (χ0v) is 14.0. The molecule has 0 aromatic carbocycles. The Morgan fingerprint density at radius 1 is 1.22 bits per heavy atom. The van der Waals surface area contributed by atoms with Crippen molar-refractivity contribution in [2.45, 2.75) is 58.2 Å². The lowest BCUT2D eigenvalue weighted by Gasteiger charge is -2.31. The molecule has 2 aliphatic heterocycles. The highest BCUT2D eigenvalue weighted by molar-refractivity contribution is 5.79. The fourth-order valence-corrected chi connectivity index (χ4v) is 2.84. The maximum Gasteiger partial charge on any atom is 0.410 e. The molecule has 0 spiro atoms. The van der Waals surface area contributed by atoms with E-state index in [0.29, 0.717) is 38.9 Å². The lowest BCUT2D eigenvalue weighted by molar-refractivity contribution is -0.151. The van der Waals surface area contributed by atoms with Crippen LogP contribution in [0.25, 0.3) is 0 Å². The number of piperidine rings is 1. The second-order valence-corrected chi connectivity index (χ2v) is 6.34. The van der Waals surface area contributed by atoms with Crippen molar-refractivity contribution in [3.8, 4) is 0 Å². The minimum atomic E-state index is -0.308. The van der Waals surface area contributed by atoms with Crippen LogP contribution in [0.15, 0.2) is 0 Å². The van der Waals surface area contributed by atoms with Gasteiger partial charge in [-0.2, -0.15) is 0 Å². The molecule has 2 amide bonds. The van der Waals surface area contributed by atoms with Gasteiger partial charge in [-0.05, 0) is 20.3 Å². The zero-order valence-electron chi connectivity index (χ0n) is 14.0. The van der Waals surface area contributed by atoms with Gasteiger partial charge >= 0.3 is 12.1 Å². The van der Waals surface area contributed by atoms with Gasteiger partial charge < -0.3 is 19.3 Å². The highest BCUT2D eigenvalue weighted by Crippen LogP contribution is 2.16. The van der Waals surface area contributed by atoms with E-state index in [1.807, 2.05) is 13.8 Å². The third-order valence-corrected chi connectivity index (χ3v) is 4.09. The van der Waals surface area contributed by atoms with Gasteiger partial charge in [-0.25, -0.2) is 4.79 Å². The highest BCUT2D eigenvalue weighted by Gasteiger charge is 2.27. The SMILES string of the molecule is CC(C)OC(=O)N1CCC(OC(=O)CCN2CCCC2=O)CC1. The number of hydrogen-bond donors (Lipinski definition) is 0. The van der Waals surface area contributed by atoms with E-state index in [2.05, 4.69) is 0 Å². The summed E-state index contributed by atoms with van der Waals surface area (Å²) in [4.78, 5) is 38.5. The Balaban J connectivity index is 1.64. The average Bonchev–Trinajstić information content (AvgIpc) is 2.90. The molecule has 7 heteroatoms. The molecule has 0 radical (unpaired) electrons. The fraction of sp³-hybridized carbons (Fsp3) is 0.812. The lowest BCUT2D eigenvalue weighted by Crippen LogP contribution is -2.42. The first-order valence-electron chi connectivity index (χ1n) is 8.38. The molecule has 2 fully saturated rings. The van der Waals surface area contributed by atoms with Crippen LogP contribution >= 0.6 is 0 Å². The monoisotopic (exact) mass is 326 g/mol. The van der Waals surface area contributed by atoms with E-state index in [0.717, 1.165) is 13.0 Å². The van der Waals surface area contributed by atoms with Crippen molar-refractivity contribution in [2.24, 2.45) is 0 Å². The third kappa shape index (κ3) is 5.41. The Hall–Kier alpha value is -1.79. The molecular formula is C16H26N2O5. The molecule has 2 saturated heterocycles. The summed E-state index contributed by atoms with van der Waals surface area (Å²) in [6.07, 6.45) is 2.35. The van der Waals surface area contributed by atoms with E-state index in [1.54, 1.807) is 9.80 Å². The highest BCUT2D eigenvalue weighted by atomic mass is 16.6. The third-order valence-electron chi connectivity index (χ3n) is 4.09. The molecule has 0 saturated carbocycles. The minimum absolute atomic E-state index is 0.120. The van der Waals surface area contributed by atoms with Crippen LogP contribution < -0.4 is 0 Å². The lowest BCUT2D eigenvalue weighted by atomic mass is 10.1. The van der Waals surface area contributed by atoms with Crippen molar-refractivity contribution >= 4 is 18.0 Å². The van der Waals surface area contributed by atoms with E-state index in [-0.39, 0.29) is 36.6 Å². The van der Waals surface area contributed by atoms with Crippen molar-refractivity contribution < 1.29 is 23.9 Å². The van der Waals surface area contributed by atoms with E-state index < -0.39 is 0 Å². The van der Waals surface area contributed by atoms with Crippen LogP contribution in [0, 0.1) is 0 Å². The molecule has 0 aliphatic carbocycles. The molecule has 23 heavy (non-hydrogen) atoms. The topological polar surface area (TPSA) is 76.2 Å². The van der Waals surface area contributed by atoms with Gasteiger partial charge in [0.2, 0.25) is 5.91 Å². The van der Waals surface area contributed by atoms with Crippen molar-refractivity contribution in [3.05, 3.63) is 0 Å². The van der Waals surface area contributed by atoms with Crippen LogP contribution in [-0.2, 0) is 19.1 Å². The molecule has 2 aliphatic rings. The molecule has 0 atom stereocenters. The Morgan fingerprint density at radius 3 is 2.48 bits per heavy atom. The Bertz CT molecular complexity index is 444. The number of amides is 2. The molecule has 0 aromatic rings. The first kappa shape index (κ1) is 17.6. The second-order valence-electron chi connectivity index (χ2n) is 6.34. The van der Waals surface area contributed by atoms with Gasteiger partial charge in [-0.15, -0.1) is 0 Å². The van der Waals surface area contributed by atoms with Gasteiger partial charge in [0.1, 0.15) is 6.10 Å². The Morgan fingerprint density at radius 2 is 1.91 bits per heavy atom. The molecule has 2 rings (SSSR count). The first-order valence-corrected chi connectivity index (χ1v) is 8.38. The van der Waals surface area contributed by atoms with E-state index in [1.165, 1.54) is 0 Å². The number of hydrogen-bond acceptors (Lipinski definition) is 5. The van der Waals surface area contributed by atoms with E-state index in [9.17, 15) is 14.4 Å². The van der Waals surface area contributed by atoms with Crippen molar-refractivity contribution in [1.29, 1.82) is 0 Å². The molecule has 2 heterocycles. The number of likely N-dealkylation sites (tertiary alicyclic amines) is 2. The average molecular weight is 326 g/mol. The molecule has 130 valence electrons. The fourth-order valence-electron chi connectivity index (χ4n) is 2.84. The Labute approximate surface area is 136 Å². The first-order chi connectivity index (χ1) is 11.0. The van der Waals surface area contributed by atoms with Gasteiger partial charge in [-0.1, -0.05) is 0 Å². The number of carbonyl (C=O) groups is 3. The predicted molar refractivity (Wildman–Crippen MR) is 82.7 cm³/mol. The number of carbonyl (C=O) groups excluding carboxylic acids is 3. The van der Waals surface area contributed by atoms with Crippen LogP contribution in [0.4, 0.5) is 4.79 Å². The second kappa shape index (κ2) is 8.17. The summed E-state index contributed by atoms with van der Waals surface area (Å²) in [5.74, 6) is -0.150. The number of nitrogens with zero attached hydrogens (tertiary/aromatic N) is 2. The maximum absolute atomic E-state index is 11.9. The normalized spacial score (nSPS) is 19.3. The molecule has 0 aromatic heterocycles. The van der Waals surface area contributed by atoms with Crippen LogP contribution in [-0.4, -0.2) is 66.2 Å². The van der Waals surface area contributed by atoms with Gasteiger partial charge in [0, 0.05) is 45.4 Å². The smallest absolute Gasteiger partial charge is 0.410 e. The van der Waals surface area contributed by atoms with Gasteiger partial charge in [0.25, 0.3) is 0 Å². The van der Waals surface area contributed by atoms with E-state index >= 15 is 0 Å². The zero-order chi connectivity index (χ0) is 16.8. The van der Waals surface area contributed by atoms with Crippen LogP contribution in [0.5, 0.6) is 0 Å². The molecule has 0 unspecified atom stereocenters. The molecule has 0 N–H and O–H groups in total. The summed E-state index contributed by atoms with van der Waals surface area (Å²) in [5, 5.41) is 0. The summed E-state index contributed by atoms with van der Waals surface area (Å²) in [7, 11) is 0. The van der Waals surface area contributed by atoms with Crippen molar-refractivity contribution in [2.75, 3.05) is 26.2 Å². The summed E-state index contributed by atoms with van der Waals surface area (Å²) in [6.45, 7) is 5.89. The van der Waals surface area contributed by atoms with Crippen molar-refractivity contribution in [3.63, 3.8) is 0 Å². The van der Waals surface area contributed by atoms with E-state index in [4.69, 9.17) is 9.47 Å². The quantitative estimate of drug-likeness (QED) is 0.717. The van der Waals surface area contributed by atoms with Gasteiger partial charge in [0.15, 0.2) is 0 Å². The Kier molecular flexibility index (Phi) is 6.24. The number of esters is 1. The van der Waals surface area contributed by atoms with Crippen LogP contribution in [0.2, 0.25) is 0 Å². The number of ether oxygens (including phenoxy) is 2. The van der Waals surface area contributed by atoms with Crippen LogP contribution in [0.1, 0.15) is 46.0 Å². The van der Waals surface area contributed by atoms with Gasteiger partial charge in [0.05, 0.1) is 12.5 Å². The molecular weight excluding hydrogens is 300 g/mol. The summed E-state index contributed by atoms with van der Waals surface area (Å²) < 4.78 is 10.6. The predicted octanol–water partition coefficient (Wildman–Crippen LogP) is 1.55. The van der Waals surface area contributed by atoms with Crippen LogP contribution in [0.3, 0.4) is 0 Å². The molecule has 0 bridgehead atoms.